The van der Waals surface area contributed by atoms with E-state index in [0.29, 0.717) is 13.0 Å². The fourth-order valence-electron chi connectivity index (χ4n) is 4.69. The Bertz CT molecular complexity index is 753. The molecule has 0 radical (unpaired) electrons. The van der Waals surface area contributed by atoms with E-state index in [9.17, 15) is 5.11 Å². The summed E-state index contributed by atoms with van der Waals surface area (Å²) in [6.07, 6.45) is 1.50. The predicted octanol–water partition coefficient (Wildman–Crippen LogP) is 3.92. The van der Waals surface area contributed by atoms with Crippen molar-refractivity contribution in [2.75, 3.05) is 6.54 Å². The molecule has 4 heteroatoms. The second-order valence-corrected chi connectivity index (χ2v) is 8.14. The highest BCUT2D eigenvalue weighted by atomic mass is 16.8. The van der Waals surface area contributed by atoms with Gasteiger partial charge in [0.05, 0.1) is 18.2 Å². The van der Waals surface area contributed by atoms with Crippen molar-refractivity contribution in [3.05, 3.63) is 84.4 Å². The molecule has 2 aliphatic rings. The Balaban J connectivity index is 1.75. The lowest BCUT2D eigenvalue weighted by Crippen LogP contribution is -2.48. The van der Waals surface area contributed by atoms with Gasteiger partial charge in [0.15, 0.2) is 5.79 Å². The Kier molecular flexibility index (Phi) is 5.39. The van der Waals surface area contributed by atoms with E-state index in [0.717, 1.165) is 0 Å². The molecule has 2 aliphatic heterocycles. The lowest BCUT2D eigenvalue weighted by molar-refractivity contribution is -0.168. The predicted molar refractivity (Wildman–Crippen MR) is 110 cm³/mol. The maximum absolute atomic E-state index is 11.0. The molecule has 0 saturated carbocycles. The number of ether oxygens (including phenoxy) is 2. The number of nitrogens with zero attached hydrogens (tertiary/aromatic N) is 1. The van der Waals surface area contributed by atoms with Crippen LogP contribution in [0.2, 0.25) is 0 Å². The molecule has 4 rings (SSSR count). The summed E-state index contributed by atoms with van der Waals surface area (Å²) >= 11 is 0. The number of aliphatic hydroxyl groups excluding tert-OH is 1. The summed E-state index contributed by atoms with van der Waals surface area (Å²) in [7, 11) is 0. The number of benzene rings is 2. The molecule has 0 aliphatic carbocycles. The Labute approximate surface area is 167 Å². The number of aliphatic hydroxyl groups is 1. The monoisotopic (exact) mass is 379 g/mol. The summed E-state index contributed by atoms with van der Waals surface area (Å²) in [6, 6.07) is 20.8. The molecule has 1 N–H and O–H groups in total. The zero-order chi connectivity index (χ0) is 19.7. The van der Waals surface area contributed by atoms with Crippen molar-refractivity contribution in [3.63, 3.8) is 0 Å². The van der Waals surface area contributed by atoms with Crippen LogP contribution in [0.1, 0.15) is 37.4 Å². The van der Waals surface area contributed by atoms with E-state index in [4.69, 9.17) is 9.47 Å². The van der Waals surface area contributed by atoms with Gasteiger partial charge in [0.1, 0.15) is 12.2 Å². The van der Waals surface area contributed by atoms with Crippen LogP contribution in [-0.4, -0.2) is 46.7 Å². The molecule has 2 aromatic carbocycles. The lowest BCUT2D eigenvalue weighted by Gasteiger charge is -2.38. The first-order valence-electron chi connectivity index (χ1n) is 10.0. The zero-order valence-electron chi connectivity index (χ0n) is 16.6. The van der Waals surface area contributed by atoms with Crippen LogP contribution in [0.4, 0.5) is 0 Å². The SMILES string of the molecule is C=CC[C@@H](O)[C@@H]1[C@@H]2OC(C)(C)O[C@@H]2CN1C(c1ccccc1)c1ccccc1. The van der Waals surface area contributed by atoms with Gasteiger partial charge in [0, 0.05) is 6.54 Å². The van der Waals surface area contributed by atoms with Gasteiger partial charge in [-0.2, -0.15) is 0 Å². The van der Waals surface area contributed by atoms with Crippen LogP contribution in [0.3, 0.4) is 0 Å². The molecule has 28 heavy (non-hydrogen) atoms. The fraction of sp³-hybridized carbons (Fsp3) is 0.417. The molecular weight excluding hydrogens is 350 g/mol. The third-order valence-corrected chi connectivity index (χ3v) is 5.70. The van der Waals surface area contributed by atoms with E-state index >= 15 is 0 Å². The summed E-state index contributed by atoms with van der Waals surface area (Å²) in [5.41, 5.74) is 2.40. The quantitative estimate of drug-likeness (QED) is 0.773. The topological polar surface area (TPSA) is 41.9 Å². The molecule has 0 amide bonds. The Hall–Kier alpha value is -1.98. The summed E-state index contributed by atoms with van der Waals surface area (Å²) in [6.45, 7) is 8.42. The normalized spacial score (nSPS) is 27.6. The highest BCUT2D eigenvalue weighted by molar-refractivity contribution is 5.33. The van der Waals surface area contributed by atoms with Crippen molar-refractivity contribution in [1.82, 2.24) is 4.90 Å². The third kappa shape index (κ3) is 3.65. The Morgan fingerprint density at radius 1 is 1.07 bits per heavy atom. The van der Waals surface area contributed by atoms with E-state index in [1.165, 1.54) is 11.1 Å². The van der Waals surface area contributed by atoms with Gasteiger partial charge in [-0.05, 0) is 31.4 Å². The fourth-order valence-corrected chi connectivity index (χ4v) is 4.69. The molecule has 148 valence electrons. The van der Waals surface area contributed by atoms with Crippen LogP contribution >= 0.6 is 0 Å². The molecule has 4 nitrogen and oxygen atoms in total. The minimum atomic E-state index is -0.622. The minimum absolute atomic E-state index is 0.0211. The zero-order valence-corrected chi connectivity index (χ0v) is 16.6. The molecule has 2 heterocycles. The van der Waals surface area contributed by atoms with Gasteiger partial charge in [-0.3, -0.25) is 4.90 Å². The highest BCUT2D eigenvalue weighted by Crippen LogP contribution is 2.43. The van der Waals surface area contributed by atoms with Crippen molar-refractivity contribution < 1.29 is 14.6 Å². The van der Waals surface area contributed by atoms with Crippen LogP contribution in [0.25, 0.3) is 0 Å². The summed E-state index contributed by atoms with van der Waals surface area (Å²) in [4.78, 5) is 2.35. The van der Waals surface area contributed by atoms with Gasteiger partial charge in [-0.1, -0.05) is 66.7 Å². The number of hydrogen-bond donors (Lipinski definition) is 1. The standard InChI is InChI=1S/C24H29NO3/c1-4-11-19(26)22-23-20(27-24(2,3)28-23)16-25(22)21(17-12-7-5-8-13-17)18-14-9-6-10-15-18/h4-10,12-15,19-23,26H,1,11,16H2,2-3H3/t19-,20-,22-,23-/m1/s1. The number of likely N-dealkylation sites (tertiary alicyclic amines) is 1. The Morgan fingerprint density at radius 2 is 1.64 bits per heavy atom. The van der Waals surface area contributed by atoms with E-state index in [1.54, 1.807) is 6.08 Å². The first-order chi connectivity index (χ1) is 13.5. The summed E-state index contributed by atoms with van der Waals surface area (Å²) < 4.78 is 12.4. The number of fused-ring (bicyclic) bond motifs is 1. The maximum Gasteiger partial charge on any atom is 0.163 e. The average Bonchev–Trinajstić information content (AvgIpc) is 3.15. The van der Waals surface area contributed by atoms with Gasteiger partial charge in [-0.25, -0.2) is 0 Å². The average molecular weight is 380 g/mol. The molecule has 2 saturated heterocycles. The van der Waals surface area contributed by atoms with Gasteiger partial charge in [0.25, 0.3) is 0 Å². The molecular formula is C24H29NO3. The van der Waals surface area contributed by atoms with Crippen LogP contribution in [0.5, 0.6) is 0 Å². The van der Waals surface area contributed by atoms with Crippen LogP contribution in [0.15, 0.2) is 73.3 Å². The van der Waals surface area contributed by atoms with Crippen molar-refractivity contribution >= 4 is 0 Å². The second-order valence-electron chi connectivity index (χ2n) is 8.14. The maximum atomic E-state index is 11.0. The van der Waals surface area contributed by atoms with Gasteiger partial charge in [0.2, 0.25) is 0 Å². The second kappa shape index (κ2) is 7.80. The van der Waals surface area contributed by atoms with E-state index in [-0.39, 0.29) is 24.3 Å². The van der Waals surface area contributed by atoms with E-state index < -0.39 is 11.9 Å². The molecule has 0 unspecified atom stereocenters. The summed E-state index contributed by atoms with van der Waals surface area (Å²) in [5.74, 6) is -0.622. The first-order valence-corrected chi connectivity index (χ1v) is 10.0. The largest absolute Gasteiger partial charge is 0.391 e. The highest BCUT2D eigenvalue weighted by Gasteiger charge is 2.56. The van der Waals surface area contributed by atoms with Crippen LogP contribution in [-0.2, 0) is 9.47 Å². The number of rotatable bonds is 6. The lowest BCUT2D eigenvalue weighted by atomic mass is 9.94. The van der Waals surface area contributed by atoms with E-state index in [1.807, 2.05) is 26.0 Å². The van der Waals surface area contributed by atoms with Crippen molar-refractivity contribution in [2.24, 2.45) is 0 Å². The first kappa shape index (κ1) is 19.3. The molecule has 4 atom stereocenters. The molecule has 2 fully saturated rings. The van der Waals surface area contributed by atoms with Gasteiger partial charge in [-0.15, -0.1) is 6.58 Å². The smallest absolute Gasteiger partial charge is 0.163 e. The van der Waals surface area contributed by atoms with Crippen molar-refractivity contribution in [1.29, 1.82) is 0 Å². The van der Waals surface area contributed by atoms with Crippen LogP contribution in [0, 0.1) is 0 Å². The van der Waals surface area contributed by atoms with Crippen LogP contribution < -0.4 is 0 Å². The van der Waals surface area contributed by atoms with E-state index in [2.05, 4.69) is 60.0 Å². The molecule has 2 aromatic rings. The van der Waals surface area contributed by atoms with Gasteiger partial charge < -0.3 is 14.6 Å². The Morgan fingerprint density at radius 3 is 2.18 bits per heavy atom. The van der Waals surface area contributed by atoms with Crippen molar-refractivity contribution in [2.45, 2.75) is 56.5 Å². The molecule has 0 bridgehead atoms. The summed E-state index contributed by atoms with van der Waals surface area (Å²) in [5, 5.41) is 11.0. The molecule has 0 aromatic heterocycles. The van der Waals surface area contributed by atoms with Crippen molar-refractivity contribution in [3.8, 4) is 0 Å². The van der Waals surface area contributed by atoms with Gasteiger partial charge >= 0.3 is 0 Å². The third-order valence-electron chi connectivity index (χ3n) is 5.70. The molecule has 0 spiro atoms. The minimum Gasteiger partial charge on any atom is -0.391 e. The number of hydrogen-bond acceptors (Lipinski definition) is 4.